The summed E-state index contributed by atoms with van der Waals surface area (Å²) in [6, 6.07) is 4.05. The van der Waals surface area contributed by atoms with Crippen LogP contribution in [0.5, 0.6) is 0 Å². The van der Waals surface area contributed by atoms with Crippen molar-refractivity contribution in [3.63, 3.8) is 0 Å². The highest BCUT2D eigenvalue weighted by Crippen LogP contribution is 2.10. The number of aryl methyl sites for hydroxylation is 1. The van der Waals surface area contributed by atoms with Crippen LogP contribution in [0.3, 0.4) is 0 Å². The van der Waals surface area contributed by atoms with Gasteiger partial charge in [0.2, 0.25) is 0 Å². The van der Waals surface area contributed by atoms with Gasteiger partial charge in [0.1, 0.15) is 5.76 Å². The molecule has 1 heteroatoms. The molecular weight excluding hydrogens is 268 g/mol. The SMILES string of the molecule is CCCCC/C=C/C/C=C\CCCCCCCc1ccco1. The Morgan fingerprint density at radius 1 is 0.818 bits per heavy atom. The van der Waals surface area contributed by atoms with Crippen LogP contribution in [0.4, 0.5) is 0 Å². The summed E-state index contributed by atoms with van der Waals surface area (Å²) >= 11 is 0. The molecule has 1 rings (SSSR count). The van der Waals surface area contributed by atoms with Gasteiger partial charge in [0.05, 0.1) is 6.26 Å². The van der Waals surface area contributed by atoms with E-state index in [0.29, 0.717) is 0 Å². The minimum atomic E-state index is 1.09. The van der Waals surface area contributed by atoms with E-state index < -0.39 is 0 Å². The molecule has 0 N–H and O–H groups in total. The molecule has 0 aliphatic rings. The van der Waals surface area contributed by atoms with Crippen molar-refractivity contribution in [3.05, 3.63) is 48.5 Å². The van der Waals surface area contributed by atoms with Crippen LogP contribution in [-0.4, -0.2) is 0 Å². The van der Waals surface area contributed by atoms with Crippen LogP contribution in [-0.2, 0) is 6.42 Å². The fourth-order valence-electron chi connectivity index (χ4n) is 2.57. The summed E-state index contributed by atoms with van der Waals surface area (Å²) in [4.78, 5) is 0. The normalized spacial score (nSPS) is 11.9. The van der Waals surface area contributed by atoms with Crippen molar-refractivity contribution in [3.8, 4) is 0 Å². The predicted molar refractivity (Wildman–Crippen MR) is 97.2 cm³/mol. The minimum Gasteiger partial charge on any atom is -0.469 e. The Labute approximate surface area is 137 Å². The maximum atomic E-state index is 5.34. The van der Waals surface area contributed by atoms with E-state index in [9.17, 15) is 0 Å². The van der Waals surface area contributed by atoms with Crippen LogP contribution >= 0.6 is 0 Å². The van der Waals surface area contributed by atoms with E-state index in [2.05, 4.69) is 37.3 Å². The molecule has 0 spiro atoms. The van der Waals surface area contributed by atoms with E-state index in [-0.39, 0.29) is 0 Å². The lowest BCUT2D eigenvalue weighted by molar-refractivity contribution is 0.492. The first kappa shape index (κ1) is 18.8. The molecule has 22 heavy (non-hydrogen) atoms. The van der Waals surface area contributed by atoms with Crippen molar-refractivity contribution in [1.82, 2.24) is 0 Å². The Morgan fingerprint density at radius 2 is 1.50 bits per heavy atom. The van der Waals surface area contributed by atoms with Crippen LogP contribution < -0.4 is 0 Å². The summed E-state index contributed by atoms with van der Waals surface area (Å²) in [5.41, 5.74) is 0. The summed E-state index contributed by atoms with van der Waals surface area (Å²) in [5.74, 6) is 1.13. The Bertz CT molecular complexity index is 373. The van der Waals surface area contributed by atoms with Gasteiger partial charge in [0.15, 0.2) is 0 Å². The smallest absolute Gasteiger partial charge is 0.103 e. The van der Waals surface area contributed by atoms with E-state index in [4.69, 9.17) is 4.42 Å². The fraction of sp³-hybridized carbons (Fsp3) is 0.619. The minimum absolute atomic E-state index is 1.09. The molecule has 0 radical (unpaired) electrons. The van der Waals surface area contributed by atoms with Gasteiger partial charge in [0.25, 0.3) is 0 Å². The van der Waals surface area contributed by atoms with Gasteiger partial charge in [-0.25, -0.2) is 0 Å². The largest absolute Gasteiger partial charge is 0.469 e. The van der Waals surface area contributed by atoms with Crippen LogP contribution in [0.15, 0.2) is 47.1 Å². The molecule has 0 amide bonds. The van der Waals surface area contributed by atoms with E-state index >= 15 is 0 Å². The number of hydrogen-bond acceptors (Lipinski definition) is 1. The Balaban J connectivity index is 1.79. The number of hydrogen-bond donors (Lipinski definition) is 0. The van der Waals surface area contributed by atoms with Gasteiger partial charge >= 0.3 is 0 Å². The highest BCUT2D eigenvalue weighted by Gasteiger charge is 1.95. The number of unbranched alkanes of at least 4 members (excludes halogenated alkanes) is 8. The molecule has 0 atom stereocenters. The van der Waals surface area contributed by atoms with Crippen LogP contribution in [0.25, 0.3) is 0 Å². The summed E-state index contributed by atoms with van der Waals surface area (Å²) in [6.45, 7) is 2.26. The van der Waals surface area contributed by atoms with Gasteiger partial charge in [-0.15, -0.1) is 0 Å². The molecule has 0 bridgehead atoms. The Hall–Kier alpha value is -1.24. The number of furan rings is 1. The highest BCUT2D eigenvalue weighted by molar-refractivity contribution is 4.97. The molecule has 124 valence electrons. The number of rotatable bonds is 14. The van der Waals surface area contributed by atoms with Crippen molar-refractivity contribution in [2.75, 3.05) is 0 Å². The zero-order chi connectivity index (χ0) is 15.7. The molecule has 0 unspecified atom stereocenters. The molecule has 0 aliphatic carbocycles. The van der Waals surface area contributed by atoms with Crippen LogP contribution in [0.1, 0.15) is 83.3 Å². The second-order valence-electron chi connectivity index (χ2n) is 6.06. The van der Waals surface area contributed by atoms with Crippen molar-refractivity contribution < 1.29 is 4.42 Å². The highest BCUT2D eigenvalue weighted by atomic mass is 16.3. The molecule has 0 saturated heterocycles. The zero-order valence-corrected chi connectivity index (χ0v) is 14.4. The Morgan fingerprint density at radius 3 is 2.18 bits per heavy atom. The molecular formula is C21H34O. The average molecular weight is 303 g/mol. The lowest BCUT2D eigenvalue weighted by atomic mass is 10.1. The molecule has 1 heterocycles. The summed E-state index contributed by atoms with van der Waals surface area (Å²) in [5, 5.41) is 0. The zero-order valence-electron chi connectivity index (χ0n) is 14.4. The topological polar surface area (TPSA) is 13.1 Å². The predicted octanol–water partition coefficient (Wildman–Crippen LogP) is 7.25. The third-order valence-electron chi connectivity index (χ3n) is 3.95. The molecule has 1 aromatic rings. The van der Waals surface area contributed by atoms with Gasteiger partial charge in [0, 0.05) is 6.42 Å². The average Bonchev–Trinajstić information content (AvgIpc) is 3.04. The van der Waals surface area contributed by atoms with E-state index in [0.717, 1.165) is 18.6 Å². The standard InChI is InChI=1S/C21H34O/c1-2-3-4-5-6-7-8-9-10-11-12-13-14-15-16-18-21-19-17-20-22-21/h6-7,9-10,17,19-20H,2-5,8,11-16,18H2,1H3/b7-6+,10-9-. The maximum absolute atomic E-state index is 5.34. The van der Waals surface area contributed by atoms with E-state index in [1.54, 1.807) is 6.26 Å². The molecule has 0 saturated carbocycles. The summed E-state index contributed by atoms with van der Waals surface area (Å²) < 4.78 is 5.34. The van der Waals surface area contributed by atoms with Gasteiger partial charge < -0.3 is 4.42 Å². The van der Waals surface area contributed by atoms with E-state index in [1.807, 2.05) is 6.07 Å². The van der Waals surface area contributed by atoms with Gasteiger partial charge in [-0.2, -0.15) is 0 Å². The van der Waals surface area contributed by atoms with E-state index in [1.165, 1.54) is 64.2 Å². The molecule has 1 nitrogen and oxygen atoms in total. The van der Waals surface area contributed by atoms with Crippen molar-refractivity contribution in [2.24, 2.45) is 0 Å². The summed E-state index contributed by atoms with van der Waals surface area (Å²) in [7, 11) is 0. The summed E-state index contributed by atoms with van der Waals surface area (Å²) in [6.07, 6.45) is 26.4. The molecule has 0 fully saturated rings. The Kier molecular flexibility index (Phi) is 12.6. The maximum Gasteiger partial charge on any atom is 0.103 e. The third kappa shape index (κ3) is 11.4. The third-order valence-corrected chi connectivity index (χ3v) is 3.95. The first-order chi connectivity index (χ1) is 10.9. The van der Waals surface area contributed by atoms with Crippen molar-refractivity contribution in [1.29, 1.82) is 0 Å². The van der Waals surface area contributed by atoms with Crippen molar-refractivity contribution >= 4 is 0 Å². The van der Waals surface area contributed by atoms with Crippen molar-refractivity contribution in [2.45, 2.75) is 84.0 Å². The quantitative estimate of drug-likeness (QED) is 0.260. The molecule has 1 aromatic heterocycles. The van der Waals surface area contributed by atoms with Gasteiger partial charge in [-0.05, 0) is 50.7 Å². The second-order valence-corrected chi connectivity index (χ2v) is 6.06. The first-order valence-electron chi connectivity index (χ1n) is 9.26. The van der Waals surface area contributed by atoms with Crippen LogP contribution in [0, 0.1) is 0 Å². The first-order valence-corrected chi connectivity index (χ1v) is 9.26. The second kappa shape index (κ2) is 14.7. The molecule has 0 aromatic carbocycles. The molecule has 0 aliphatic heterocycles. The number of allylic oxidation sites excluding steroid dienone is 4. The fourth-order valence-corrected chi connectivity index (χ4v) is 2.57. The van der Waals surface area contributed by atoms with Gasteiger partial charge in [-0.3, -0.25) is 0 Å². The van der Waals surface area contributed by atoms with Gasteiger partial charge in [-0.1, -0.05) is 63.3 Å². The lowest BCUT2D eigenvalue weighted by Gasteiger charge is -1.99. The van der Waals surface area contributed by atoms with Crippen LogP contribution in [0.2, 0.25) is 0 Å². The lowest BCUT2D eigenvalue weighted by Crippen LogP contribution is -1.83. The monoisotopic (exact) mass is 302 g/mol.